The second kappa shape index (κ2) is 10.9. The van der Waals surface area contributed by atoms with Gasteiger partial charge in [-0.05, 0) is 67.9 Å². The molecule has 0 unspecified atom stereocenters. The van der Waals surface area contributed by atoms with E-state index >= 15 is 0 Å². The summed E-state index contributed by atoms with van der Waals surface area (Å²) in [7, 11) is 0. The molecule has 4 aromatic rings. The van der Waals surface area contributed by atoms with Crippen LogP contribution < -0.4 is 20.8 Å². The van der Waals surface area contributed by atoms with E-state index in [0.717, 1.165) is 75.2 Å². The Kier molecular flexibility index (Phi) is 7.42. The molecule has 7 heteroatoms. The number of aromatic nitrogens is 5. The van der Waals surface area contributed by atoms with E-state index in [1.807, 2.05) is 25.4 Å². The molecule has 1 saturated heterocycles. The first kappa shape index (κ1) is 26.5. The van der Waals surface area contributed by atoms with Gasteiger partial charge in [0.15, 0.2) is 5.82 Å². The van der Waals surface area contributed by atoms with Gasteiger partial charge in [0.2, 0.25) is 0 Å². The van der Waals surface area contributed by atoms with Gasteiger partial charge < -0.3 is 15.2 Å². The number of piperidine rings is 1. The van der Waals surface area contributed by atoms with Crippen LogP contribution in [0.25, 0.3) is 40.3 Å². The number of nitrogens with zero attached hydrogens (tertiary/aromatic N) is 4. The summed E-state index contributed by atoms with van der Waals surface area (Å²) in [6, 6.07) is 8.41. The number of hydrogen-bond donors (Lipinski definition) is 3. The van der Waals surface area contributed by atoms with Gasteiger partial charge in [-0.3, -0.25) is 10.1 Å². The second-order valence-electron chi connectivity index (χ2n) is 11.6. The molecule has 39 heavy (non-hydrogen) atoms. The molecule has 0 radical (unpaired) electrons. The molecule has 1 fully saturated rings. The summed E-state index contributed by atoms with van der Waals surface area (Å²) in [5, 5.41) is 13.1. The highest BCUT2D eigenvalue weighted by Gasteiger charge is 2.18. The van der Waals surface area contributed by atoms with Gasteiger partial charge in [0.1, 0.15) is 11.2 Å². The highest BCUT2D eigenvalue weighted by molar-refractivity contribution is 5.92. The van der Waals surface area contributed by atoms with Crippen molar-refractivity contribution in [1.29, 1.82) is 0 Å². The molecule has 3 aromatic heterocycles. The van der Waals surface area contributed by atoms with Crippen LogP contribution in [0.3, 0.4) is 0 Å². The number of allylic oxidation sites excluding steroid dienone is 2. The Hall–Kier alpha value is -4.13. The summed E-state index contributed by atoms with van der Waals surface area (Å²) >= 11 is 0. The van der Waals surface area contributed by atoms with Crippen molar-refractivity contribution in [2.75, 3.05) is 23.3 Å². The molecule has 0 spiro atoms. The summed E-state index contributed by atoms with van der Waals surface area (Å²) in [6.45, 7) is 19.3. The van der Waals surface area contributed by atoms with E-state index in [2.05, 4.69) is 94.7 Å². The summed E-state index contributed by atoms with van der Waals surface area (Å²) in [5.41, 5.74) is 7.74. The summed E-state index contributed by atoms with van der Waals surface area (Å²) in [4.78, 5) is 15.5. The van der Waals surface area contributed by atoms with Crippen LogP contribution in [-0.4, -0.2) is 38.2 Å². The molecule has 0 amide bonds. The SMILES string of the molecule is C=C(CC(C)(C)C)Nc1cncc(C(=C)/C=c2/c(-c3nc4c(N5CCCCC5)cccc4[nH]3)n[nH]/c2=C/C)c1. The summed E-state index contributed by atoms with van der Waals surface area (Å²) < 4.78 is 0. The minimum absolute atomic E-state index is 0.155. The molecule has 1 aliphatic heterocycles. The number of hydrogen-bond acceptors (Lipinski definition) is 5. The number of pyridine rings is 1. The van der Waals surface area contributed by atoms with Crippen molar-refractivity contribution in [1.82, 2.24) is 25.1 Å². The predicted octanol–water partition coefficient (Wildman–Crippen LogP) is 5.99. The lowest BCUT2D eigenvalue weighted by molar-refractivity contribution is 0.411. The molecule has 4 heterocycles. The van der Waals surface area contributed by atoms with Crippen LogP contribution in [0.5, 0.6) is 0 Å². The van der Waals surface area contributed by atoms with Crippen LogP contribution >= 0.6 is 0 Å². The van der Waals surface area contributed by atoms with E-state index in [-0.39, 0.29) is 5.41 Å². The maximum atomic E-state index is 5.05. The van der Waals surface area contributed by atoms with Crippen LogP contribution in [0.1, 0.15) is 58.9 Å². The van der Waals surface area contributed by atoms with Crippen molar-refractivity contribution in [3.8, 4) is 11.5 Å². The third kappa shape index (κ3) is 5.98. The van der Waals surface area contributed by atoms with Gasteiger partial charge in [-0.1, -0.05) is 46.1 Å². The van der Waals surface area contributed by atoms with Gasteiger partial charge in [0.25, 0.3) is 0 Å². The summed E-state index contributed by atoms with van der Waals surface area (Å²) in [5.74, 6) is 0.741. The molecule has 202 valence electrons. The maximum Gasteiger partial charge on any atom is 0.159 e. The van der Waals surface area contributed by atoms with E-state index in [9.17, 15) is 0 Å². The number of benzene rings is 1. The third-order valence-corrected chi connectivity index (χ3v) is 7.03. The lowest BCUT2D eigenvalue weighted by Gasteiger charge is -2.28. The van der Waals surface area contributed by atoms with Gasteiger partial charge in [0, 0.05) is 35.8 Å². The Morgan fingerprint density at radius 2 is 1.92 bits per heavy atom. The van der Waals surface area contributed by atoms with Crippen LogP contribution in [-0.2, 0) is 0 Å². The normalized spacial score (nSPS) is 15.2. The molecule has 0 atom stereocenters. The average Bonchev–Trinajstić information content (AvgIpc) is 3.51. The molecule has 7 nitrogen and oxygen atoms in total. The van der Waals surface area contributed by atoms with Crippen molar-refractivity contribution in [2.24, 2.45) is 5.41 Å². The van der Waals surface area contributed by atoms with Crippen LogP contribution in [0, 0.1) is 5.41 Å². The second-order valence-corrected chi connectivity index (χ2v) is 11.6. The quantitative estimate of drug-likeness (QED) is 0.278. The lowest BCUT2D eigenvalue weighted by Crippen LogP contribution is -2.29. The minimum atomic E-state index is 0.155. The molecule has 0 aliphatic carbocycles. The van der Waals surface area contributed by atoms with Crippen LogP contribution in [0.2, 0.25) is 0 Å². The predicted molar refractivity (Wildman–Crippen MR) is 164 cm³/mol. The standard InChI is InChI=1S/C32H39N7/c1-7-26-25(16-21(2)23-17-24(20-33-19-23)34-22(3)18-32(4,5)6)29(38-37-26)31-35-27-12-11-13-28(30(27)36-31)39-14-9-8-10-15-39/h7,11-13,16-17,19-20,34,37H,2-3,8-10,14-15,18H2,1,4-6H3,(H,35,36)/b25-16+,26-7+. The number of imidazole rings is 1. The number of para-hydroxylation sites is 1. The van der Waals surface area contributed by atoms with Gasteiger partial charge in [0.05, 0.1) is 28.4 Å². The zero-order valence-electron chi connectivity index (χ0n) is 23.6. The van der Waals surface area contributed by atoms with E-state index in [4.69, 9.17) is 4.98 Å². The average molecular weight is 522 g/mol. The molecule has 1 aromatic carbocycles. The fourth-order valence-electron chi connectivity index (χ4n) is 5.26. The highest BCUT2D eigenvalue weighted by Crippen LogP contribution is 2.29. The number of nitrogens with one attached hydrogen (secondary N) is 3. The molecule has 3 N–H and O–H groups in total. The van der Waals surface area contributed by atoms with E-state index in [1.165, 1.54) is 24.9 Å². The first-order valence-electron chi connectivity index (χ1n) is 13.8. The van der Waals surface area contributed by atoms with Gasteiger partial charge in [-0.15, -0.1) is 0 Å². The molecular weight excluding hydrogens is 482 g/mol. The van der Waals surface area contributed by atoms with Crippen molar-refractivity contribution in [2.45, 2.75) is 53.4 Å². The van der Waals surface area contributed by atoms with E-state index in [1.54, 1.807) is 0 Å². The van der Waals surface area contributed by atoms with E-state index in [0.29, 0.717) is 0 Å². The molecule has 5 rings (SSSR count). The zero-order valence-corrected chi connectivity index (χ0v) is 23.6. The fraction of sp³-hybridized carbons (Fsp3) is 0.344. The van der Waals surface area contributed by atoms with Gasteiger partial charge in [-0.25, -0.2) is 4.98 Å². The first-order valence-corrected chi connectivity index (χ1v) is 13.8. The van der Waals surface area contributed by atoms with Crippen LogP contribution in [0.15, 0.2) is 55.5 Å². The Labute approximate surface area is 230 Å². The molecular formula is C32H39N7. The Morgan fingerprint density at radius 1 is 1.13 bits per heavy atom. The smallest absolute Gasteiger partial charge is 0.159 e. The first-order chi connectivity index (χ1) is 18.7. The van der Waals surface area contributed by atoms with Gasteiger partial charge >= 0.3 is 0 Å². The van der Waals surface area contributed by atoms with Crippen molar-refractivity contribution in [3.63, 3.8) is 0 Å². The minimum Gasteiger partial charge on any atom is -0.370 e. The topological polar surface area (TPSA) is 85.5 Å². The van der Waals surface area contributed by atoms with Crippen molar-refractivity contribution < 1.29 is 0 Å². The largest absolute Gasteiger partial charge is 0.370 e. The number of rotatable bonds is 7. The van der Waals surface area contributed by atoms with Crippen LogP contribution in [0.4, 0.5) is 11.4 Å². The van der Waals surface area contributed by atoms with Crippen molar-refractivity contribution in [3.05, 3.63) is 71.6 Å². The Bertz CT molecular complexity index is 1620. The number of H-pyrrole nitrogens is 2. The maximum absolute atomic E-state index is 5.05. The highest BCUT2D eigenvalue weighted by atomic mass is 15.2. The number of anilines is 2. The van der Waals surface area contributed by atoms with Gasteiger partial charge in [-0.2, -0.15) is 5.10 Å². The van der Waals surface area contributed by atoms with E-state index < -0.39 is 0 Å². The molecule has 0 bridgehead atoms. The summed E-state index contributed by atoms with van der Waals surface area (Å²) in [6.07, 6.45) is 12.3. The number of aromatic amines is 2. The monoisotopic (exact) mass is 521 g/mol. The lowest BCUT2D eigenvalue weighted by atomic mass is 9.91. The van der Waals surface area contributed by atoms with Crippen molar-refractivity contribution >= 4 is 40.1 Å². The third-order valence-electron chi connectivity index (χ3n) is 7.03. The Balaban J connectivity index is 1.49. The zero-order chi connectivity index (χ0) is 27.6. The number of fused-ring (bicyclic) bond motifs is 1. The molecule has 0 saturated carbocycles. The molecule has 1 aliphatic rings. The fourth-order valence-corrected chi connectivity index (χ4v) is 5.26. The Morgan fingerprint density at radius 3 is 2.67 bits per heavy atom.